The highest BCUT2D eigenvalue weighted by Gasteiger charge is 2.26. The average Bonchev–Trinajstić information content (AvgIpc) is 2.92. The summed E-state index contributed by atoms with van der Waals surface area (Å²) in [4.78, 5) is 8.80. The molecule has 22 heavy (non-hydrogen) atoms. The molecule has 1 aliphatic heterocycles. The Balaban J connectivity index is 1.70. The summed E-state index contributed by atoms with van der Waals surface area (Å²) >= 11 is 1.58. The third-order valence-electron chi connectivity index (χ3n) is 3.48. The highest BCUT2D eigenvalue weighted by atomic mass is 32.2. The number of thiophene rings is 1. The monoisotopic (exact) mass is 342 g/mol. The standard InChI is InChI=1S/C13H18N4O3S2/c1-9-15-11-3-6-21-12(11)13(16-9)14-7-10-8-17(4-5-20-10)22(2,18)19/h3,6,10H,4-5,7-8H2,1-2H3,(H,14,15,16)/t10-/m0/s1. The Kier molecular flexibility index (Phi) is 4.31. The first-order valence-electron chi connectivity index (χ1n) is 6.96. The molecule has 0 bridgehead atoms. The fraction of sp³-hybridized carbons (Fsp3) is 0.538. The van der Waals surface area contributed by atoms with Gasteiger partial charge in [-0.2, -0.15) is 4.31 Å². The van der Waals surface area contributed by atoms with E-state index in [-0.39, 0.29) is 6.10 Å². The Morgan fingerprint density at radius 2 is 2.32 bits per heavy atom. The van der Waals surface area contributed by atoms with Crippen molar-refractivity contribution in [1.82, 2.24) is 14.3 Å². The molecule has 0 aliphatic carbocycles. The van der Waals surface area contributed by atoms with Crippen LogP contribution in [0, 0.1) is 6.92 Å². The van der Waals surface area contributed by atoms with E-state index >= 15 is 0 Å². The van der Waals surface area contributed by atoms with Crippen LogP contribution in [0.4, 0.5) is 5.82 Å². The van der Waals surface area contributed by atoms with Crippen LogP contribution in [-0.2, 0) is 14.8 Å². The summed E-state index contributed by atoms with van der Waals surface area (Å²) in [5.74, 6) is 1.48. The first-order valence-corrected chi connectivity index (χ1v) is 9.69. The van der Waals surface area contributed by atoms with Crippen molar-refractivity contribution in [3.05, 3.63) is 17.3 Å². The Morgan fingerprint density at radius 1 is 1.50 bits per heavy atom. The molecule has 1 saturated heterocycles. The van der Waals surface area contributed by atoms with Gasteiger partial charge in [0.1, 0.15) is 11.6 Å². The van der Waals surface area contributed by atoms with Crippen LogP contribution in [0.2, 0.25) is 0 Å². The van der Waals surface area contributed by atoms with Gasteiger partial charge in [-0.3, -0.25) is 0 Å². The van der Waals surface area contributed by atoms with Gasteiger partial charge in [-0.1, -0.05) is 0 Å². The van der Waals surface area contributed by atoms with Crippen LogP contribution in [0.5, 0.6) is 0 Å². The number of rotatable bonds is 4. The quantitative estimate of drug-likeness (QED) is 0.895. The number of anilines is 1. The molecule has 0 spiro atoms. The van der Waals surface area contributed by atoms with Crippen LogP contribution >= 0.6 is 11.3 Å². The third-order valence-corrected chi connectivity index (χ3v) is 5.66. The van der Waals surface area contributed by atoms with E-state index in [1.165, 1.54) is 10.6 Å². The van der Waals surface area contributed by atoms with Crippen molar-refractivity contribution in [2.75, 3.05) is 37.8 Å². The number of ether oxygens (including phenoxy) is 1. The van der Waals surface area contributed by atoms with Crippen LogP contribution in [0.25, 0.3) is 10.2 Å². The largest absolute Gasteiger partial charge is 0.374 e. The second-order valence-corrected chi connectivity index (χ2v) is 8.15. The molecule has 0 amide bonds. The third kappa shape index (κ3) is 3.37. The number of nitrogens with zero attached hydrogens (tertiary/aromatic N) is 3. The van der Waals surface area contributed by atoms with Crippen molar-refractivity contribution in [2.24, 2.45) is 0 Å². The van der Waals surface area contributed by atoms with Crippen molar-refractivity contribution in [3.8, 4) is 0 Å². The van der Waals surface area contributed by atoms with Crippen LogP contribution < -0.4 is 5.32 Å². The van der Waals surface area contributed by atoms with E-state index in [9.17, 15) is 8.42 Å². The Labute approximate surface area is 133 Å². The molecule has 9 heteroatoms. The maximum atomic E-state index is 11.6. The second-order valence-electron chi connectivity index (χ2n) is 5.25. The predicted molar refractivity (Wildman–Crippen MR) is 86.8 cm³/mol. The zero-order valence-electron chi connectivity index (χ0n) is 12.4. The molecule has 1 atom stereocenters. The highest BCUT2D eigenvalue weighted by Crippen LogP contribution is 2.26. The Hall–Kier alpha value is -1.29. The van der Waals surface area contributed by atoms with E-state index in [1.54, 1.807) is 11.3 Å². The second kappa shape index (κ2) is 6.07. The number of aryl methyl sites for hydroxylation is 1. The fourth-order valence-corrected chi connectivity index (χ4v) is 4.07. The Bertz CT molecular complexity index is 775. The van der Waals surface area contributed by atoms with Crippen molar-refractivity contribution >= 4 is 37.4 Å². The maximum Gasteiger partial charge on any atom is 0.211 e. The van der Waals surface area contributed by atoms with E-state index in [0.29, 0.717) is 32.1 Å². The van der Waals surface area contributed by atoms with E-state index in [2.05, 4.69) is 15.3 Å². The zero-order chi connectivity index (χ0) is 15.7. The van der Waals surface area contributed by atoms with E-state index in [1.807, 2.05) is 18.4 Å². The highest BCUT2D eigenvalue weighted by molar-refractivity contribution is 7.88. The molecule has 120 valence electrons. The lowest BCUT2D eigenvalue weighted by molar-refractivity contribution is 0.00702. The first kappa shape index (κ1) is 15.6. The molecule has 0 radical (unpaired) electrons. The molecule has 7 nitrogen and oxygen atoms in total. The number of hydrogen-bond donors (Lipinski definition) is 1. The van der Waals surface area contributed by atoms with Crippen LogP contribution in [0.15, 0.2) is 11.4 Å². The number of sulfonamides is 1. The molecule has 1 fully saturated rings. The smallest absolute Gasteiger partial charge is 0.211 e. The molecule has 2 aromatic rings. The van der Waals surface area contributed by atoms with Gasteiger partial charge in [-0.05, 0) is 18.4 Å². The molecule has 1 aliphatic rings. The molecule has 3 heterocycles. The molecule has 2 aromatic heterocycles. The van der Waals surface area contributed by atoms with Crippen molar-refractivity contribution in [1.29, 1.82) is 0 Å². The van der Waals surface area contributed by atoms with Crippen LogP contribution in [0.3, 0.4) is 0 Å². The van der Waals surface area contributed by atoms with Gasteiger partial charge < -0.3 is 10.1 Å². The number of fused-ring (bicyclic) bond motifs is 1. The lowest BCUT2D eigenvalue weighted by atomic mass is 10.3. The summed E-state index contributed by atoms with van der Waals surface area (Å²) in [6.45, 7) is 3.55. The minimum absolute atomic E-state index is 0.186. The summed E-state index contributed by atoms with van der Waals surface area (Å²) in [6.07, 6.45) is 1.04. The first-order chi connectivity index (χ1) is 10.4. The molecule has 0 saturated carbocycles. The minimum Gasteiger partial charge on any atom is -0.374 e. The maximum absolute atomic E-state index is 11.6. The molecular formula is C13H18N4O3S2. The number of morpholine rings is 1. The van der Waals surface area contributed by atoms with Crippen LogP contribution in [0.1, 0.15) is 5.82 Å². The fourth-order valence-electron chi connectivity index (χ4n) is 2.43. The molecule has 1 N–H and O–H groups in total. The van der Waals surface area contributed by atoms with E-state index in [4.69, 9.17) is 4.74 Å². The average molecular weight is 342 g/mol. The van der Waals surface area contributed by atoms with Gasteiger partial charge in [0.2, 0.25) is 10.0 Å². The van der Waals surface area contributed by atoms with Gasteiger partial charge in [0.05, 0.1) is 29.2 Å². The summed E-state index contributed by atoms with van der Waals surface area (Å²) in [7, 11) is -3.17. The molecule has 0 unspecified atom stereocenters. The molecular weight excluding hydrogens is 324 g/mol. The van der Waals surface area contributed by atoms with Crippen molar-refractivity contribution in [3.63, 3.8) is 0 Å². The van der Waals surface area contributed by atoms with Gasteiger partial charge in [-0.15, -0.1) is 11.3 Å². The molecule has 0 aromatic carbocycles. The van der Waals surface area contributed by atoms with E-state index in [0.717, 1.165) is 16.0 Å². The summed E-state index contributed by atoms with van der Waals surface area (Å²) in [5, 5.41) is 5.25. The number of aromatic nitrogens is 2. The van der Waals surface area contributed by atoms with Crippen molar-refractivity contribution in [2.45, 2.75) is 13.0 Å². The summed E-state index contributed by atoms with van der Waals surface area (Å²) in [6, 6.07) is 1.96. The van der Waals surface area contributed by atoms with Gasteiger partial charge in [0.15, 0.2) is 0 Å². The minimum atomic E-state index is -3.17. The topological polar surface area (TPSA) is 84.4 Å². The van der Waals surface area contributed by atoms with Gasteiger partial charge in [-0.25, -0.2) is 18.4 Å². The van der Waals surface area contributed by atoms with Gasteiger partial charge >= 0.3 is 0 Å². The summed E-state index contributed by atoms with van der Waals surface area (Å²) < 4.78 is 31.3. The zero-order valence-corrected chi connectivity index (χ0v) is 14.1. The molecule has 3 rings (SSSR count). The normalized spacial score (nSPS) is 20.4. The van der Waals surface area contributed by atoms with Gasteiger partial charge in [0.25, 0.3) is 0 Å². The number of nitrogens with one attached hydrogen (secondary N) is 1. The Morgan fingerprint density at radius 3 is 3.09 bits per heavy atom. The predicted octanol–water partition coefficient (Wildman–Crippen LogP) is 1.07. The lowest BCUT2D eigenvalue weighted by Gasteiger charge is -2.31. The number of hydrogen-bond acceptors (Lipinski definition) is 7. The van der Waals surface area contributed by atoms with Gasteiger partial charge in [0, 0.05) is 19.6 Å². The van der Waals surface area contributed by atoms with Crippen molar-refractivity contribution < 1.29 is 13.2 Å². The summed E-state index contributed by atoms with van der Waals surface area (Å²) in [5.41, 5.74) is 0.919. The lowest BCUT2D eigenvalue weighted by Crippen LogP contribution is -2.47. The SMILES string of the molecule is Cc1nc(NC[C@H]2CN(S(C)(=O)=O)CCO2)c2sccc2n1. The van der Waals surface area contributed by atoms with Crippen LogP contribution in [-0.4, -0.2) is 61.3 Å². The van der Waals surface area contributed by atoms with E-state index < -0.39 is 10.0 Å².